The SMILES string of the molecule is CCOC(c1noc([C@H]2C[C@@H](O)CN2)n1)C(C)(C)C. The predicted octanol–water partition coefficient (Wildman–Crippen LogP) is 1.59. The van der Waals surface area contributed by atoms with Crippen molar-refractivity contribution < 1.29 is 14.4 Å². The molecule has 1 saturated heterocycles. The molecular weight excluding hydrogens is 246 g/mol. The summed E-state index contributed by atoms with van der Waals surface area (Å²) >= 11 is 0. The minimum Gasteiger partial charge on any atom is -0.392 e. The van der Waals surface area contributed by atoms with Crippen LogP contribution < -0.4 is 5.32 Å². The Morgan fingerprint density at radius 3 is 2.79 bits per heavy atom. The summed E-state index contributed by atoms with van der Waals surface area (Å²) < 4.78 is 11.0. The van der Waals surface area contributed by atoms with Crippen molar-refractivity contribution in [1.82, 2.24) is 15.5 Å². The van der Waals surface area contributed by atoms with Gasteiger partial charge in [0.25, 0.3) is 0 Å². The van der Waals surface area contributed by atoms with E-state index in [1.165, 1.54) is 0 Å². The van der Waals surface area contributed by atoms with Crippen molar-refractivity contribution in [2.75, 3.05) is 13.2 Å². The lowest BCUT2D eigenvalue weighted by Gasteiger charge is -2.27. The molecule has 1 aromatic heterocycles. The first-order valence-corrected chi connectivity index (χ1v) is 6.78. The molecular formula is C13H23N3O3. The zero-order valence-electron chi connectivity index (χ0n) is 12.0. The summed E-state index contributed by atoms with van der Waals surface area (Å²) in [4.78, 5) is 4.44. The third-order valence-corrected chi connectivity index (χ3v) is 3.22. The summed E-state index contributed by atoms with van der Waals surface area (Å²) in [5, 5.41) is 16.7. The van der Waals surface area contributed by atoms with Gasteiger partial charge in [0.2, 0.25) is 11.7 Å². The molecule has 108 valence electrons. The van der Waals surface area contributed by atoms with Crippen LogP contribution in [0.2, 0.25) is 0 Å². The number of aromatic nitrogens is 2. The number of aliphatic hydroxyl groups excluding tert-OH is 1. The molecule has 1 fully saturated rings. The quantitative estimate of drug-likeness (QED) is 0.864. The Morgan fingerprint density at radius 1 is 1.53 bits per heavy atom. The van der Waals surface area contributed by atoms with Crippen LogP contribution in [0.3, 0.4) is 0 Å². The third-order valence-electron chi connectivity index (χ3n) is 3.22. The molecule has 6 heteroatoms. The van der Waals surface area contributed by atoms with Crippen LogP contribution >= 0.6 is 0 Å². The topological polar surface area (TPSA) is 80.4 Å². The van der Waals surface area contributed by atoms with Gasteiger partial charge in [-0.25, -0.2) is 0 Å². The van der Waals surface area contributed by atoms with E-state index in [0.717, 1.165) is 0 Å². The number of β-amino-alcohol motifs (C(OH)–C–C–N with tert-alkyl or cyclic N) is 1. The van der Waals surface area contributed by atoms with Crippen LogP contribution in [-0.4, -0.2) is 34.5 Å². The Hall–Kier alpha value is -0.980. The molecule has 3 atom stereocenters. The molecule has 2 heterocycles. The highest BCUT2D eigenvalue weighted by molar-refractivity contribution is 5.01. The van der Waals surface area contributed by atoms with Crippen molar-refractivity contribution in [3.8, 4) is 0 Å². The molecule has 0 amide bonds. The second-order valence-electron chi connectivity index (χ2n) is 6.04. The lowest BCUT2D eigenvalue weighted by Crippen LogP contribution is -2.23. The molecule has 0 aromatic carbocycles. The number of aliphatic hydroxyl groups is 1. The van der Waals surface area contributed by atoms with Gasteiger partial charge < -0.3 is 19.7 Å². The fourth-order valence-electron chi connectivity index (χ4n) is 2.28. The number of hydrogen-bond acceptors (Lipinski definition) is 6. The molecule has 0 aliphatic carbocycles. The Bertz CT molecular complexity index is 414. The van der Waals surface area contributed by atoms with Gasteiger partial charge in [-0.1, -0.05) is 25.9 Å². The first-order valence-electron chi connectivity index (χ1n) is 6.78. The average Bonchev–Trinajstić information content (AvgIpc) is 2.92. The summed E-state index contributed by atoms with van der Waals surface area (Å²) in [5.41, 5.74) is -0.0974. The van der Waals surface area contributed by atoms with Crippen LogP contribution in [0.25, 0.3) is 0 Å². The molecule has 0 radical (unpaired) electrons. The second kappa shape index (κ2) is 5.56. The fraction of sp³-hybridized carbons (Fsp3) is 0.846. The Morgan fingerprint density at radius 2 is 2.26 bits per heavy atom. The van der Waals surface area contributed by atoms with Crippen LogP contribution in [0.5, 0.6) is 0 Å². The molecule has 2 rings (SSSR count). The zero-order valence-corrected chi connectivity index (χ0v) is 12.0. The number of nitrogens with one attached hydrogen (secondary N) is 1. The summed E-state index contributed by atoms with van der Waals surface area (Å²) in [6.45, 7) is 9.38. The highest BCUT2D eigenvalue weighted by Crippen LogP contribution is 2.35. The summed E-state index contributed by atoms with van der Waals surface area (Å²) in [7, 11) is 0. The minimum atomic E-state index is -0.342. The fourth-order valence-corrected chi connectivity index (χ4v) is 2.28. The lowest BCUT2D eigenvalue weighted by molar-refractivity contribution is -0.0203. The maximum absolute atomic E-state index is 9.51. The van der Waals surface area contributed by atoms with E-state index in [-0.39, 0.29) is 23.7 Å². The van der Waals surface area contributed by atoms with E-state index in [1.807, 2.05) is 6.92 Å². The monoisotopic (exact) mass is 269 g/mol. The van der Waals surface area contributed by atoms with E-state index >= 15 is 0 Å². The number of rotatable bonds is 4. The number of hydrogen-bond donors (Lipinski definition) is 2. The predicted molar refractivity (Wildman–Crippen MR) is 69.5 cm³/mol. The van der Waals surface area contributed by atoms with E-state index in [0.29, 0.717) is 31.3 Å². The molecule has 1 aliphatic heterocycles. The van der Waals surface area contributed by atoms with Crippen molar-refractivity contribution in [2.24, 2.45) is 5.41 Å². The largest absolute Gasteiger partial charge is 0.392 e. The Kier molecular flexibility index (Phi) is 4.23. The van der Waals surface area contributed by atoms with Crippen LogP contribution in [0.15, 0.2) is 4.52 Å². The van der Waals surface area contributed by atoms with Gasteiger partial charge in [-0.15, -0.1) is 0 Å². The van der Waals surface area contributed by atoms with E-state index in [2.05, 4.69) is 36.2 Å². The van der Waals surface area contributed by atoms with Gasteiger partial charge in [0, 0.05) is 13.2 Å². The van der Waals surface area contributed by atoms with Gasteiger partial charge in [0.1, 0.15) is 6.10 Å². The first kappa shape index (κ1) is 14.4. The normalized spacial score (nSPS) is 25.7. The molecule has 0 spiro atoms. The minimum absolute atomic E-state index is 0.0569. The average molecular weight is 269 g/mol. The van der Waals surface area contributed by atoms with E-state index in [9.17, 15) is 5.11 Å². The van der Waals surface area contributed by atoms with Gasteiger partial charge in [0.05, 0.1) is 12.1 Å². The van der Waals surface area contributed by atoms with Gasteiger partial charge in [-0.2, -0.15) is 4.98 Å². The molecule has 6 nitrogen and oxygen atoms in total. The lowest BCUT2D eigenvalue weighted by atomic mass is 9.88. The molecule has 1 aliphatic rings. The van der Waals surface area contributed by atoms with Gasteiger partial charge in [-0.05, 0) is 18.8 Å². The van der Waals surface area contributed by atoms with Crippen molar-refractivity contribution in [2.45, 2.75) is 52.4 Å². The van der Waals surface area contributed by atoms with Crippen molar-refractivity contribution in [1.29, 1.82) is 0 Å². The first-order chi connectivity index (χ1) is 8.91. The van der Waals surface area contributed by atoms with E-state index in [1.54, 1.807) is 0 Å². The van der Waals surface area contributed by atoms with Gasteiger partial charge in [-0.3, -0.25) is 0 Å². The van der Waals surface area contributed by atoms with Crippen LogP contribution in [-0.2, 0) is 4.74 Å². The molecule has 2 N–H and O–H groups in total. The summed E-state index contributed by atoms with van der Waals surface area (Å²) in [6, 6.07) is -0.0569. The molecule has 0 bridgehead atoms. The summed E-state index contributed by atoms with van der Waals surface area (Å²) in [6.07, 6.45) is 0.0724. The van der Waals surface area contributed by atoms with Crippen LogP contribution in [0, 0.1) is 5.41 Å². The standard InChI is InChI=1S/C13H23N3O3/c1-5-18-10(13(2,3)4)11-15-12(19-16-11)9-6-8(17)7-14-9/h8-10,14,17H,5-7H2,1-4H3/t8-,9-,10?/m1/s1. The van der Waals surface area contributed by atoms with Crippen molar-refractivity contribution in [3.05, 3.63) is 11.7 Å². The van der Waals surface area contributed by atoms with Crippen LogP contribution in [0.4, 0.5) is 0 Å². The van der Waals surface area contributed by atoms with Gasteiger partial charge >= 0.3 is 0 Å². The van der Waals surface area contributed by atoms with E-state index in [4.69, 9.17) is 9.26 Å². The molecule has 19 heavy (non-hydrogen) atoms. The molecule has 1 aromatic rings. The second-order valence-corrected chi connectivity index (χ2v) is 6.04. The van der Waals surface area contributed by atoms with Crippen molar-refractivity contribution >= 4 is 0 Å². The maximum Gasteiger partial charge on any atom is 0.243 e. The van der Waals surface area contributed by atoms with Crippen molar-refractivity contribution in [3.63, 3.8) is 0 Å². The Balaban J connectivity index is 2.14. The van der Waals surface area contributed by atoms with Crippen LogP contribution in [0.1, 0.15) is 58.0 Å². The molecule has 1 unspecified atom stereocenters. The Labute approximate surface area is 113 Å². The maximum atomic E-state index is 9.51. The zero-order chi connectivity index (χ0) is 14.0. The number of ether oxygens (including phenoxy) is 1. The molecule has 0 saturated carbocycles. The van der Waals surface area contributed by atoms with E-state index < -0.39 is 0 Å². The summed E-state index contributed by atoms with van der Waals surface area (Å²) in [5.74, 6) is 1.10. The van der Waals surface area contributed by atoms with Gasteiger partial charge in [0.15, 0.2) is 0 Å². The third kappa shape index (κ3) is 3.32. The smallest absolute Gasteiger partial charge is 0.243 e. The highest BCUT2D eigenvalue weighted by atomic mass is 16.5. The number of nitrogens with zero attached hydrogens (tertiary/aromatic N) is 2. The highest BCUT2D eigenvalue weighted by Gasteiger charge is 2.34.